The third kappa shape index (κ3) is 5.74. The van der Waals surface area contributed by atoms with Crippen molar-refractivity contribution in [2.75, 3.05) is 19.6 Å². The highest BCUT2D eigenvalue weighted by molar-refractivity contribution is 7.12. The smallest absolute Gasteiger partial charge is 0.257 e. The van der Waals surface area contributed by atoms with Gasteiger partial charge in [0.2, 0.25) is 5.91 Å². The average molecular weight is 433 g/mol. The first-order chi connectivity index (χ1) is 13.8. The molecule has 2 aromatic rings. The van der Waals surface area contributed by atoms with Crippen LogP contribution in [-0.4, -0.2) is 52.6 Å². The molecule has 29 heavy (non-hydrogen) atoms. The first kappa shape index (κ1) is 21.7. The first-order valence-electron chi connectivity index (χ1n) is 9.77. The Morgan fingerprint density at radius 3 is 2.52 bits per heavy atom. The maximum atomic E-state index is 13.2. The Kier molecular flexibility index (Phi) is 6.87. The summed E-state index contributed by atoms with van der Waals surface area (Å²) in [5.41, 5.74) is 0.653. The summed E-state index contributed by atoms with van der Waals surface area (Å²) in [5, 5.41) is 13.3. The van der Waals surface area contributed by atoms with Gasteiger partial charge >= 0.3 is 0 Å². The van der Waals surface area contributed by atoms with Crippen LogP contribution in [0.15, 0.2) is 40.1 Å². The van der Waals surface area contributed by atoms with Crippen LogP contribution in [-0.2, 0) is 9.59 Å². The predicted octanol–water partition coefficient (Wildman–Crippen LogP) is 3.72. The third-order valence-electron chi connectivity index (χ3n) is 4.53. The average Bonchev–Trinajstić information content (AvgIpc) is 3.39. The van der Waals surface area contributed by atoms with Gasteiger partial charge in [0, 0.05) is 16.8 Å². The molecule has 1 aliphatic rings. The van der Waals surface area contributed by atoms with Crippen molar-refractivity contribution in [3.05, 3.63) is 44.8 Å². The van der Waals surface area contributed by atoms with Gasteiger partial charge in [0.25, 0.3) is 5.91 Å². The lowest BCUT2D eigenvalue weighted by Crippen LogP contribution is -2.47. The van der Waals surface area contributed by atoms with Crippen molar-refractivity contribution >= 4 is 40.2 Å². The number of thiophene rings is 2. The van der Waals surface area contributed by atoms with Crippen LogP contribution in [0, 0.1) is 0 Å². The maximum Gasteiger partial charge on any atom is 0.257 e. The maximum absolute atomic E-state index is 13.2. The van der Waals surface area contributed by atoms with Crippen LogP contribution in [0.3, 0.4) is 0 Å². The second-order valence-corrected chi connectivity index (χ2v) is 10.0. The minimum atomic E-state index is -0.292. The van der Waals surface area contributed by atoms with Crippen LogP contribution in [0.2, 0.25) is 0 Å². The molecule has 0 saturated heterocycles. The Morgan fingerprint density at radius 2 is 1.93 bits per heavy atom. The summed E-state index contributed by atoms with van der Waals surface area (Å²) in [4.78, 5) is 29.5. The summed E-state index contributed by atoms with van der Waals surface area (Å²) in [6.45, 7) is 8.77. The van der Waals surface area contributed by atoms with Gasteiger partial charge in [-0.2, -0.15) is 5.10 Å². The van der Waals surface area contributed by atoms with Crippen molar-refractivity contribution < 1.29 is 9.59 Å². The summed E-state index contributed by atoms with van der Waals surface area (Å²) < 4.78 is 0. The molecule has 0 fully saturated rings. The van der Waals surface area contributed by atoms with E-state index in [-0.39, 0.29) is 36.5 Å². The lowest BCUT2D eigenvalue weighted by molar-refractivity contribution is -0.134. The van der Waals surface area contributed by atoms with E-state index in [4.69, 9.17) is 0 Å². The largest absolute Gasteiger partial charge is 0.350 e. The molecule has 3 rings (SSSR count). The highest BCUT2D eigenvalue weighted by atomic mass is 32.1. The van der Waals surface area contributed by atoms with Crippen molar-refractivity contribution in [3.8, 4) is 0 Å². The molecule has 0 aromatic carbocycles. The van der Waals surface area contributed by atoms with Crippen molar-refractivity contribution in [2.24, 2.45) is 5.10 Å². The Labute approximate surface area is 180 Å². The number of rotatable bonds is 7. The Hall–Kier alpha value is -2.03. The topological polar surface area (TPSA) is 65.0 Å². The quantitative estimate of drug-likeness (QED) is 0.725. The van der Waals surface area contributed by atoms with E-state index in [2.05, 4.69) is 16.5 Å². The van der Waals surface area contributed by atoms with E-state index in [9.17, 15) is 9.59 Å². The van der Waals surface area contributed by atoms with E-state index in [0.717, 1.165) is 15.5 Å². The Bertz CT molecular complexity index is 854. The lowest BCUT2D eigenvalue weighted by atomic mass is 10.1. The van der Waals surface area contributed by atoms with Crippen LogP contribution < -0.4 is 5.32 Å². The molecular weight excluding hydrogens is 404 g/mol. The van der Waals surface area contributed by atoms with Crippen molar-refractivity contribution in [1.82, 2.24) is 15.2 Å². The lowest BCUT2D eigenvalue weighted by Gasteiger charge is -2.27. The van der Waals surface area contributed by atoms with Gasteiger partial charge in [-0.15, -0.1) is 22.7 Å². The molecule has 1 aliphatic heterocycles. The van der Waals surface area contributed by atoms with Crippen LogP contribution in [0.25, 0.3) is 0 Å². The molecule has 156 valence electrons. The number of nitrogens with one attached hydrogen (secondary N) is 1. The number of carbonyl (C=O) groups is 2. The minimum absolute atomic E-state index is 0.0776. The molecule has 0 aliphatic carbocycles. The second-order valence-electron chi connectivity index (χ2n) is 8.10. The van der Waals surface area contributed by atoms with E-state index in [1.165, 1.54) is 0 Å². The normalized spacial score (nSPS) is 16.9. The van der Waals surface area contributed by atoms with Crippen molar-refractivity contribution in [3.63, 3.8) is 0 Å². The SMILES string of the molecule is CCN(CC(=O)NC(C)(C)C)CC(=O)N1N=C(c2cccs2)CC1c1cccs1. The number of likely N-dealkylation sites (N-methyl/N-ethyl adjacent to an activating group) is 1. The molecule has 1 N–H and O–H groups in total. The number of carbonyl (C=O) groups excluding carboxylic acids is 2. The zero-order valence-corrected chi connectivity index (χ0v) is 19.0. The third-order valence-corrected chi connectivity index (χ3v) is 6.42. The zero-order chi connectivity index (χ0) is 21.0. The first-order valence-corrected chi connectivity index (χ1v) is 11.5. The van der Waals surface area contributed by atoms with Gasteiger partial charge in [-0.05, 0) is 50.2 Å². The number of amides is 2. The number of nitrogens with zero attached hydrogens (tertiary/aromatic N) is 3. The summed E-state index contributed by atoms with van der Waals surface area (Å²) >= 11 is 3.28. The summed E-state index contributed by atoms with van der Waals surface area (Å²) in [6, 6.07) is 8.01. The van der Waals surface area contributed by atoms with Crippen LogP contribution in [0.1, 0.15) is 49.9 Å². The molecule has 1 atom stereocenters. The monoisotopic (exact) mass is 432 g/mol. The number of hydrogen-bond donors (Lipinski definition) is 1. The van der Waals surface area contributed by atoms with E-state index in [0.29, 0.717) is 13.0 Å². The van der Waals surface area contributed by atoms with Gasteiger partial charge in [-0.1, -0.05) is 19.1 Å². The summed E-state index contributed by atoms with van der Waals surface area (Å²) in [7, 11) is 0. The zero-order valence-electron chi connectivity index (χ0n) is 17.3. The van der Waals surface area contributed by atoms with Crippen LogP contribution >= 0.6 is 22.7 Å². The van der Waals surface area contributed by atoms with Gasteiger partial charge in [-0.3, -0.25) is 14.5 Å². The van der Waals surface area contributed by atoms with Crippen LogP contribution in [0.4, 0.5) is 0 Å². The van der Waals surface area contributed by atoms with Gasteiger partial charge in [0.05, 0.1) is 29.7 Å². The fourth-order valence-corrected chi connectivity index (χ4v) is 4.77. The van der Waals surface area contributed by atoms with E-state index in [1.54, 1.807) is 27.7 Å². The van der Waals surface area contributed by atoms with Gasteiger partial charge in [0.1, 0.15) is 0 Å². The number of hydrazone groups is 1. The molecule has 2 aromatic heterocycles. The van der Waals surface area contributed by atoms with Gasteiger partial charge < -0.3 is 5.32 Å². The standard InChI is InChI=1S/C21H28N4O2S2/c1-5-24(13-19(26)22-21(2,3)4)14-20(27)25-16(18-9-7-11-29-18)12-15(23-25)17-8-6-10-28-17/h6-11,16H,5,12-14H2,1-4H3,(H,22,26). The highest BCUT2D eigenvalue weighted by Crippen LogP contribution is 2.35. The van der Waals surface area contributed by atoms with E-state index in [1.807, 2.05) is 61.6 Å². The van der Waals surface area contributed by atoms with Crippen LogP contribution in [0.5, 0.6) is 0 Å². The number of hydrogen-bond acceptors (Lipinski definition) is 6. The summed E-state index contributed by atoms with van der Waals surface area (Å²) in [5.74, 6) is -0.161. The van der Waals surface area contributed by atoms with Gasteiger partial charge in [0.15, 0.2) is 0 Å². The molecule has 1 unspecified atom stereocenters. The fourth-order valence-electron chi connectivity index (χ4n) is 3.24. The molecule has 2 amide bonds. The molecule has 0 radical (unpaired) electrons. The predicted molar refractivity (Wildman–Crippen MR) is 119 cm³/mol. The fraction of sp³-hybridized carbons (Fsp3) is 0.476. The van der Waals surface area contributed by atoms with E-state index >= 15 is 0 Å². The molecular formula is C21H28N4O2S2. The van der Waals surface area contributed by atoms with Crippen molar-refractivity contribution in [1.29, 1.82) is 0 Å². The molecule has 8 heteroatoms. The van der Waals surface area contributed by atoms with Gasteiger partial charge in [-0.25, -0.2) is 5.01 Å². The van der Waals surface area contributed by atoms with Crippen molar-refractivity contribution in [2.45, 2.75) is 45.7 Å². The molecule has 0 spiro atoms. The molecule has 6 nitrogen and oxygen atoms in total. The second kappa shape index (κ2) is 9.19. The molecule has 3 heterocycles. The molecule has 0 bridgehead atoms. The van der Waals surface area contributed by atoms with E-state index < -0.39 is 0 Å². The minimum Gasteiger partial charge on any atom is -0.350 e. The Balaban J connectivity index is 1.72. The summed E-state index contributed by atoms with van der Waals surface area (Å²) in [6.07, 6.45) is 0.712. The highest BCUT2D eigenvalue weighted by Gasteiger charge is 2.34. The molecule has 0 saturated carbocycles. The Morgan fingerprint density at radius 1 is 1.21 bits per heavy atom.